The zero-order chi connectivity index (χ0) is 12.3. The maximum atomic E-state index is 4.32. The van der Waals surface area contributed by atoms with Crippen LogP contribution in [0.1, 0.15) is 23.6 Å². The Morgan fingerprint density at radius 3 is 2.71 bits per heavy atom. The van der Waals surface area contributed by atoms with E-state index in [4.69, 9.17) is 0 Å². The van der Waals surface area contributed by atoms with Crippen molar-refractivity contribution in [2.75, 3.05) is 5.32 Å². The predicted octanol–water partition coefficient (Wildman–Crippen LogP) is 4.00. The number of benzene rings is 1. The van der Waals surface area contributed by atoms with Gasteiger partial charge in [-0.1, -0.05) is 19.1 Å². The SMILES string of the molecule is CCc1cccc(Nc2cc(C)ccn2)c1C. The molecule has 0 aliphatic heterocycles. The Morgan fingerprint density at radius 1 is 1.18 bits per heavy atom. The van der Waals surface area contributed by atoms with Crippen LogP contribution >= 0.6 is 0 Å². The van der Waals surface area contributed by atoms with E-state index in [1.165, 1.54) is 16.7 Å². The van der Waals surface area contributed by atoms with Crippen molar-refractivity contribution >= 4 is 11.5 Å². The van der Waals surface area contributed by atoms with Gasteiger partial charge in [0.1, 0.15) is 5.82 Å². The van der Waals surface area contributed by atoms with Gasteiger partial charge in [0.15, 0.2) is 0 Å². The number of rotatable bonds is 3. The van der Waals surface area contributed by atoms with Gasteiger partial charge in [-0.05, 0) is 55.2 Å². The number of aromatic nitrogens is 1. The number of aryl methyl sites for hydroxylation is 2. The molecule has 0 aliphatic carbocycles. The zero-order valence-electron chi connectivity index (χ0n) is 10.6. The van der Waals surface area contributed by atoms with E-state index >= 15 is 0 Å². The molecule has 17 heavy (non-hydrogen) atoms. The molecule has 0 aliphatic rings. The van der Waals surface area contributed by atoms with Gasteiger partial charge in [0.25, 0.3) is 0 Å². The monoisotopic (exact) mass is 226 g/mol. The lowest BCUT2D eigenvalue weighted by Gasteiger charge is -2.12. The van der Waals surface area contributed by atoms with E-state index in [0.717, 1.165) is 17.9 Å². The standard InChI is InChI=1S/C15H18N2/c1-4-13-6-5-7-14(12(13)3)17-15-10-11(2)8-9-16-15/h5-10H,4H2,1-3H3,(H,16,17). The second-order valence-electron chi connectivity index (χ2n) is 4.29. The molecular formula is C15H18N2. The molecule has 0 amide bonds. The van der Waals surface area contributed by atoms with Crippen molar-refractivity contribution in [3.8, 4) is 0 Å². The van der Waals surface area contributed by atoms with E-state index in [2.05, 4.69) is 55.3 Å². The van der Waals surface area contributed by atoms with Crippen LogP contribution in [0.15, 0.2) is 36.5 Å². The van der Waals surface area contributed by atoms with Crippen molar-refractivity contribution in [2.24, 2.45) is 0 Å². The summed E-state index contributed by atoms with van der Waals surface area (Å²) in [4.78, 5) is 4.32. The van der Waals surface area contributed by atoms with E-state index in [1.54, 1.807) is 0 Å². The van der Waals surface area contributed by atoms with Crippen molar-refractivity contribution in [1.29, 1.82) is 0 Å². The number of hydrogen-bond donors (Lipinski definition) is 1. The van der Waals surface area contributed by atoms with Crippen LogP contribution in [-0.4, -0.2) is 4.98 Å². The Hall–Kier alpha value is -1.83. The average Bonchev–Trinajstić information content (AvgIpc) is 2.32. The molecule has 0 atom stereocenters. The Bertz CT molecular complexity index is 518. The highest BCUT2D eigenvalue weighted by Gasteiger charge is 2.03. The van der Waals surface area contributed by atoms with Crippen LogP contribution in [0.5, 0.6) is 0 Å². The van der Waals surface area contributed by atoms with Gasteiger partial charge >= 0.3 is 0 Å². The fourth-order valence-corrected chi connectivity index (χ4v) is 1.94. The molecule has 1 heterocycles. The lowest BCUT2D eigenvalue weighted by molar-refractivity contribution is 1.11. The third-order valence-electron chi connectivity index (χ3n) is 3.01. The smallest absolute Gasteiger partial charge is 0.130 e. The normalized spacial score (nSPS) is 10.3. The van der Waals surface area contributed by atoms with Crippen molar-refractivity contribution in [3.05, 3.63) is 53.2 Å². The van der Waals surface area contributed by atoms with Gasteiger partial charge in [0.2, 0.25) is 0 Å². The van der Waals surface area contributed by atoms with E-state index in [0.29, 0.717) is 0 Å². The zero-order valence-corrected chi connectivity index (χ0v) is 10.6. The van der Waals surface area contributed by atoms with Gasteiger partial charge in [-0.2, -0.15) is 0 Å². The highest BCUT2D eigenvalue weighted by Crippen LogP contribution is 2.22. The fraction of sp³-hybridized carbons (Fsp3) is 0.267. The van der Waals surface area contributed by atoms with Gasteiger partial charge < -0.3 is 5.32 Å². The van der Waals surface area contributed by atoms with Crippen LogP contribution in [-0.2, 0) is 6.42 Å². The molecule has 1 aromatic carbocycles. The second-order valence-corrected chi connectivity index (χ2v) is 4.29. The maximum absolute atomic E-state index is 4.32. The van der Waals surface area contributed by atoms with Crippen LogP contribution in [0, 0.1) is 13.8 Å². The van der Waals surface area contributed by atoms with Gasteiger partial charge in [-0.15, -0.1) is 0 Å². The van der Waals surface area contributed by atoms with Crippen molar-refractivity contribution in [2.45, 2.75) is 27.2 Å². The Labute approximate surface area is 103 Å². The summed E-state index contributed by atoms with van der Waals surface area (Å²) in [5.74, 6) is 0.904. The van der Waals surface area contributed by atoms with Gasteiger partial charge in [0.05, 0.1) is 0 Å². The quantitative estimate of drug-likeness (QED) is 0.855. The Morgan fingerprint density at radius 2 is 2.00 bits per heavy atom. The summed E-state index contributed by atoms with van der Waals surface area (Å²) < 4.78 is 0. The van der Waals surface area contributed by atoms with Crippen LogP contribution in [0.4, 0.5) is 11.5 Å². The number of nitrogens with one attached hydrogen (secondary N) is 1. The van der Waals surface area contributed by atoms with E-state index in [1.807, 2.05) is 12.3 Å². The molecule has 2 aromatic rings. The lowest BCUT2D eigenvalue weighted by atomic mass is 10.0. The summed E-state index contributed by atoms with van der Waals surface area (Å²) in [6, 6.07) is 10.4. The molecule has 0 fully saturated rings. The first-order chi connectivity index (χ1) is 8.20. The van der Waals surface area contributed by atoms with Gasteiger partial charge in [-0.25, -0.2) is 4.98 Å². The molecule has 0 spiro atoms. The second kappa shape index (κ2) is 5.00. The first-order valence-electron chi connectivity index (χ1n) is 5.99. The highest BCUT2D eigenvalue weighted by atomic mass is 15.0. The van der Waals surface area contributed by atoms with Gasteiger partial charge in [0, 0.05) is 11.9 Å². The minimum absolute atomic E-state index is 0.904. The van der Waals surface area contributed by atoms with E-state index in [9.17, 15) is 0 Å². The third kappa shape index (κ3) is 2.64. The molecular weight excluding hydrogens is 208 g/mol. The summed E-state index contributed by atoms with van der Waals surface area (Å²) in [5.41, 5.74) is 5.04. The Balaban J connectivity index is 2.30. The molecule has 2 nitrogen and oxygen atoms in total. The predicted molar refractivity (Wildman–Crippen MR) is 72.8 cm³/mol. The summed E-state index contributed by atoms with van der Waals surface area (Å²) >= 11 is 0. The largest absolute Gasteiger partial charge is 0.340 e. The summed E-state index contributed by atoms with van der Waals surface area (Å²) in [5, 5.41) is 3.38. The number of anilines is 2. The molecule has 2 heteroatoms. The fourth-order valence-electron chi connectivity index (χ4n) is 1.94. The maximum Gasteiger partial charge on any atom is 0.130 e. The first-order valence-corrected chi connectivity index (χ1v) is 5.99. The van der Waals surface area contributed by atoms with E-state index in [-0.39, 0.29) is 0 Å². The van der Waals surface area contributed by atoms with Crippen molar-refractivity contribution < 1.29 is 0 Å². The average molecular weight is 226 g/mol. The molecule has 1 N–H and O–H groups in total. The molecule has 1 aromatic heterocycles. The van der Waals surface area contributed by atoms with Crippen LogP contribution < -0.4 is 5.32 Å². The molecule has 0 radical (unpaired) electrons. The van der Waals surface area contributed by atoms with Crippen LogP contribution in [0.2, 0.25) is 0 Å². The molecule has 2 rings (SSSR count). The van der Waals surface area contributed by atoms with Crippen molar-refractivity contribution in [3.63, 3.8) is 0 Å². The summed E-state index contributed by atoms with van der Waals surface area (Å²) in [6.45, 7) is 6.40. The van der Waals surface area contributed by atoms with Crippen molar-refractivity contribution in [1.82, 2.24) is 4.98 Å². The lowest BCUT2D eigenvalue weighted by Crippen LogP contribution is -1.98. The number of hydrogen-bond acceptors (Lipinski definition) is 2. The summed E-state index contributed by atoms with van der Waals surface area (Å²) in [6.07, 6.45) is 2.89. The van der Waals surface area contributed by atoms with Gasteiger partial charge in [-0.3, -0.25) is 0 Å². The molecule has 0 unspecified atom stereocenters. The van der Waals surface area contributed by atoms with E-state index < -0.39 is 0 Å². The highest BCUT2D eigenvalue weighted by molar-refractivity contribution is 5.62. The first kappa shape index (κ1) is 11.6. The topological polar surface area (TPSA) is 24.9 Å². The number of nitrogens with zero attached hydrogens (tertiary/aromatic N) is 1. The Kier molecular flexibility index (Phi) is 3.43. The minimum atomic E-state index is 0.904. The third-order valence-corrected chi connectivity index (χ3v) is 3.01. The molecule has 0 bridgehead atoms. The van der Waals surface area contributed by atoms with Crippen LogP contribution in [0.25, 0.3) is 0 Å². The summed E-state index contributed by atoms with van der Waals surface area (Å²) in [7, 11) is 0. The molecule has 0 saturated carbocycles. The molecule has 0 saturated heterocycles. The molecule has 88 valence electrons. The van der Waals surface area contributed by atoms with Crippen LogP contribution in [0.3, 0.4) is 0 Å². The minimum Gasteiger partial charge on any atom is -0.340 e. The number of pyridine rings is 1.